The summed E-state index contributed by atoms with van der Waals surface area (Å²) in [6.07, 6.45) is 2.92. The first-order valence-corrected chi connectivity index (χ1v) is 5.87. The molecule has 3 rings (SSSR count). The normalized spacial score (nSPS) is 13.1. The minimum atomic E-state index is 0.944. The summed E-state index contributed by atoms with van der Waals surface area (Å²) < 4.78 is 5.91. The van der Waals surface area contributed by atoms with E-state index in [0.717, 1.165) is 30.8 Å². The van der Waals surface area contributed by atoms with Crippen LogP contribution in [0.4, 0.5) is 0 Å². The third-order valence-electron chi connectivity index (χ3n) is 3.28. The minimum Gasteiger partial charge on any atom is -0.217 e. The van der Waals surface area contributed by atoms with Gasteiger partial charge in [-0.1, -0.05) is 31.2 Å². The van der Waals surface area contributed by atoms with Crippen LogP contribution in [0.25, 0.3) is 0 Å². The Labute approximate surface area is 95.7 Å². The van der Waals surface area contributed by atoms with Crippen molar-refractivity contribution >= 4 is 0 Å². The van der Waals surface area contributed by atoms with E-state index in [9.17, 15) is 0 Å². The Morgan fingerprint density at radius 2 is 1.69 bits per heavy atom. The summed E-state index contributed by atoms with van der Waals surface area (Å²) in [5, 5.41) is 0. The van der Waals surface area contributed by atoms with Crippen LogP contribution in [0.2, 0.25) is 0 Å². The lowest BCUT2D eigenvalue weighted by Gasteiger charge is -2.12. The van der Waals surface area contributed by atoms with E-state index in [1.54, 1.807) is 0 Å². The van der Waals surface area contributed by atoms with Crippen LogP contribution in [0.3, 0.4) is 0 Å². The smallest absolute Gasteiger partial charge is 0.217 e. The first kappa shape index (κ1) is 9.59. The Bertz CT molecular complexity index is 529. The maximum atomic E-state index is 5.91. The highest BCUT2D eigenvalue weighted by Gasteiger charge is 2.24. The highest BCUT2D eigenvalue weighted by molar-refractivity contribution is 5.41. The van der Waals surface area contributed by atoms with Gasteiger partial charge in [-0.25, -0.2) is 4.42 Å². The Balaban J connectivity index is 2.05. The molecule has 0 atom stereocenters. The van der Waals surface area contributed by atoms with Gasteiger partial charge in [0.15, 0.2) is 0 Å². The van der Waals surface area contributed by atoms with Gasteiger partial charge in [0.05, 0.1) is 18.4 Å². The number of fused-ring (bicyclic) bond motifs is 2. The standard InChI is InChI=1S/C15H15O/c1-2-14-8-7-13-9-11-5-3-4-6-12(11)10-15(13)16-14/h3-8H,2,9-10H2,1H3/q+1. The van der Waals surface area contributed by atoms with Gasteiger partial charge in [0.25, 0.3) is 0 Å². The maximum Gasteiger partial charge on any atom is 0.337 e. The lowest BCUT2D eigenvalue weighted by Crippen LogP contribution is -2.07. The molecule has 0 spiro atoms. The topological polar surface area (TPSA) is 11.3 Å². The van der Waals surface area contributed by atoms with Crippen molar-refractivity contribution in [3.8, 4) is 0 Å². The molecule has 1 nitrogen and oxygen atoms in total. The molecule has 16 heavy (non-hydrogen) atoms. The highest BCUT2D eigenvalue weighted by Crippen LogP contribution is 2.27. The molecule has 0 saturated heterocycles. The van der Waals surface area contributed by atoms with E-state index in [2.05, 4.69) is 43.3 Å². The van der Waals surface area contributed by atoms with Gasteiger partial charge in [0.1, 0.15) is 0 Å². The van der Waals surface area contributed by atoms with Crippen LogP contribution in [0.1, 0.15) is 35.1 Å². The minimum absolute atomic E-state index is 0.944. The number of hydrogen-bond donors (Lipinski definition) is 0. The molecule has 0 radical (unpaired) electrons. The molecule has 0 saturated carbocycles. The molecule has 1 heteroatoms. The molecule has 0 amide bonds. The summed E-state index contributed by atoms with van der Waals surface area (Å²) in [5.74, 6) is 2.23. The SMILES string of the molecule is CCc1ccc2c([o+]1)Cc1ccccc1C2. The number of rotatable bonds is 1. The van der Waals surface area contributed by atoms with Crippen molar-refractivity contribution in [1.29, 1.82) is 0 Å². The average Bonchev–Trinajstić information content (AvgIpc) is 2.35. The predicted octanol–water partition coefficient (Wildman–Crippen LogP) is 3.62. The molecule has 1 aliphatic carbocycles. The van der Waals surface area contributed by atoms with Gasteiger partial charge in [-0.2, -0.15) is 0 Å². The molecule has 0 unspecified atom stereocenters. The van der Waals surface area contributed by atoms with Crippen LogP contribution in [-0.2, 0) is 19.3 Å². The van der Waals surface area contributed by atoms with Crippen molar-refractivity contribution < 1.29 is 4.42 Å². The quantitative estimate of drug-likeness (QED) is 0.559. The second-order valence-electron chi connectivity index (χ2n) is 4.33. The van der Waals surface area contributed by atoms with E-state index in [1.165, 1.54) is 16.7 Å². The third kappa shape index (κ3) is 1.53. The van der Waals surface area contributed by atoms with Crippen molar-refractivity contribution in [1.82, 2.24) is 0 Å². The van der Waals surface area contributed by atoms with Gasteiger partial charge < -0.3 is 0 Å². The van der Waals surface area contributed by atoms with Crippen molar-refractivity contribution in [3.63, 3.8) is 0 Å². The molecular weight excluding hydrogens is 196 g/mol. The Kier molecular flexibility index (Phi) is 2.24. The zero-order valence-electron chi connectivity index (χ0n) is 9.49. The van der Waals surface area contributed by atoms with Crippen molar-refractivity contribution in [2.24, 2.45) is 0 Å². The summed E-state index contributed by atoms with van der Waals surface area (Å²) in [6, 6.07) is 13.0. The van der Waals surface area contributed by atoms with Gasteiger partial charge in [0.2, 0.25) is 0 Å². The molecule has 1 aliphatic rings. The Morgan fingerprint density at radius 1 is 0.938 bits per heavy atom. The molecule has 1 aromatic carbocycles. The molecule has 80 valence electrons. The fourth-order valence-corrected chi connectivity index (χ4v) is 2.32. The van der Waals surface area contributed by atoms with Crippen molar-refractivity contribution in [3.05, 3.63) is 64.6 Å². The molecule has 0 fully saturated rings. The van der Waals surface area contributed by atoms with Crippen LogP contribution in [-0.4, -0.2) is 0 Å². The zero-order chi connectivity index (χ0) is 11.0. The Morgan fingerprint density at radius 3 is 2.44 bits per heavy atom. The largest absolute Gasteiger partial charge is 0.337 e. The summed E-state index contributed by atoms with van der Waals surface area (Å²) >= 11 is 0. The van der Waals surface area contributed by atoms with E-state index in [0.29, 0.717) is 0 Å². The zero-order valence-corrected chi connectivity index (χ0v) is 9.49. The highest BCUT2D eigenvalue weighted by atomic mass is 16.3. The summed E-state index contributed by atoms with van der Waals surface area (Å²) in [4.78, 5) is 0. The summed E-state index contributed by atoms with van der Waals surface area (Å²) in [5.41, 5.74) is 4.19. The number of hydrogen-bond acceptors (Lipinski definition) is 0. The lowest BCUT2D eigenvalue weighted by atomic mass is 9.90. The molecule has 0 N–H and O–H groups in total. The fraction of sp³-hybridized carbons (Fsp3) is 0.267. The van der Waals surface area contributed by atoms with Crippen molar-refractivity contribution in [2.75, 3.05) is 0 Å². The first-order chi connectivity index (χ1) is 7.86. The third-order valence-corrected chi connectivity index (χ3v) is 3.28. The van der Waals surface area contributed by atoms with Gasteiger partial charge in [0, 0.05) is 12.5 Å². The fourth-order valence-electron chi connectivity index (χ4n) is 2.32. The van der Waals surface area contributed by atoms with Crippen LogP contribution >= 0.6 is 0 Å². The van der Waals surface area contributed by atoms with E-state index >= 15 is 0 Å². The second-order valence-corrected chi connectivity index (χ2v) is 4.33. The van der Waals surface area contributed by atoms with Gasteiger partial charge in [-0.3, -0.25) is 0 Å². The van der Waals surface area contributed by atoms with Crippen LogP contribution in [0.5, 0.6) is 0 Å². The monoisotopic (exact) mass is 211 g/mol. The van der Waals surface area contributed by atoms with E-state index in [1.807, 2.05) is 0 Å². The van der Waals surface area contributed by atoms with Crippen LogP contribution < -0.4 is 0 Å². The molecule has 1 aromatic heterocycles. The molecule has 2 aromatic rings. The number of aryl methyl sites for hydroxylation is 1. The lowest BCUT2D eigenvalue weighted by molar-refractivity contribution is 0.450. The maximum absolute atomic E-state index is 5.91. The molecule has 0 aliphatic heterocycles. The first-order valence-electron chi connectivity index (χ1n) is 5.87. The number of benzene rings is 1. The van der Waals surface area contributed by atoms with E-state index < -0.39 is 0 Å². The van der Waals surface area contributed by atoms with Gasteiger partial charge in [-0.05, 0) is 17.2 Å². The second kappa shape index (κ2) is 3.75. The van der Waals surface area contributed by atoms with Crippen molar-refractivity contribution in [2.45, 2.75) is 26.2 Å². The summed E-state index contributed by atoms with van der Waals surface area (Å²) in [7, 11) is 0. The van der Waals surface area contributed by atoms with Crippen LogP contribution in [0, 0.1) is 0 Å². The Hall–Kier alpha value is -1.63. The predicted molar refractivity (Wildman–Crippen MR) is 64.5 cm³/mol. The van der Waals surface area contributed by atoms with E-state index in [-0.39, 0.29) is 0 Å². The summed E-state index contributed by atoms with van der Waals surface area (Å²) in [6.45, 7) is 2.13. The van der Waals surface area contributed by atoms with Gasteiger partial charge >= 0.3 is 11.5 Å². The van der Waals surface area contributed by atoms with E-state index in [4.69, 9.17) is 4.42 Å². The van der Waals surface area contributed by atoms with Gasteiger partial charge in [-0.15, -0.1) is 0 Å². The average molecular weight is 211 g/mol. The van der Waals surface area contributed by atoms with Crippen LogP contribution in [0.15, 0.2) is 40.8 Å². The molecular formula is C15H15O+. The molecule has 0 bridgehead atoms. The molecule has 1 heterocycles.